The van der Waals surface area contributed by atoms with Crippen molar-refractivity contribution in [1.29, 1.82) is 0 Å². The minimum atomic E-state index is -0.124. The molecule has 1 aromatic heterocycles. The van der Waals surface area contributed by atoms with Crippen molar-refractivity contribution in [3.63, 3.8) is 0 Å². The Morgan fingerprint density at radius 3 is 2.74 bits per heavy atom. The molecule has 31 heavy (non-hydrogen) atoms. The lowest BCUT2D eigenvalue weighted by Crippen LogP contribution is -2.41. The summed E-state index contributed by atoms with van der Waals surface area (Å²) in [4.78, 5) is 19.4. The van der Waals surface area contributed by atoms with E-state index < -0.39 is 0 Å². The Morgan fingerprint density at radius 1 is 1.16 bits per heavy atom. The van der Waals surface area contributed by atoms with Gasteiger partial charge in [-0.2, -0.15) is 0 Å². The van der Waals surface area contributed by atoms with Crippen LogP contribution >= 0.6 is 0 Å². The Kier molecular flexibility index (Phi) is 7.71. The Bertz CT molecular complexity index is 847. The number of Topliss-reactive ketones (excluding diaryl/α,β-unsaturated/α-hetero) is 1. The molecule has 0 radical (unpaired) electrons. The number of hydrogen-bond donors (Lipinski definition) is 1. The molecular weight excluding hydrogens is 386 g/mol. The third kappa shape index (κ3) is 5.92. The Morgan fingerprint density at radius 2 is 1.97 bits per heavy atom. The van der Waals surface area contributed by atoms with Gasteiger partial charge >= 0.3 is 0 Å². The number of rotatable bonds is 9. The first kappa shape index (κ1) is 22.0. The first-order chi connectivity index (χ1) is 15.2. The molecule has 5 heteroatoms. The lowest BCUT2D eigenvalue weighted by molar-refractivity contribution is -0.123. The third-order valence-electron chi connectivity index (χ3n) is 6.47. The fourth-order valence-corrected chi connectivity index (χ4v) is 4.80. The van der Waals surface area contributed by atoms with E-state index in [2.05, 4.69) is 34.5 Å². The van der Waals surface area contributed by atoms with Gasteiger partial charge in [0.05, 0.1) is 12.1 Å². The first-order valence-corrected chi connectivity index (χ1v) is 11.8. The van der Waals surface area contributed by atoms with E-state index in [0.717, 1.165) is 76.1 Å². The maximum Gasteiger partial charge on any atom is 0.151 e. The van der Waals surface area contributed by atoms with Gasteiger partial charge in [-0.1, -0.05) is 36.4 Å². The molecule has 3 heterocycles. The number of carbonyl (C=O) groups is 1. The van der Waals surface area contributed by atoms with E-state index in [1.54, 1.807) is 6.92 Å². The van der Waals surface area contributed by atoms with Crippen molar-refractivity contribution >= 4 is 11.6 Å². The summed E-state index contributed by atoms with van der Waals surface area (Å²) in [6.45, 7) is 5.37. The van der Waals surface area contributed by atoms with Gasteiger partial charge in [0.1, 0.15) is 5.82 Å². The number of nitrogens with one attached hydrogen (secondary N) is 1. The van der Waals surface area contributed by atoms with Crippen LogP contribution in [0.4, 0.5) is 5.82 Å². The van der Waals surface area contributed by atoms with Crippen molar-refractivity contribution in [2.75, 3.05) is 31.6 Å². The molecule has 0 aliphatic carbocycles. The lowest BCUT2D eigenvalue weighted by atomic mass is 9.98. The van der Waals surface area contributed by atoms with Gasteiger partial charge < -0.3 is 10.1 Å². The highest BCUT2D eigenvalue weighted by atomic mass is 16.5. The molecule has 1 N–H and O–H groups in total. The third-order valence-corrected chi connectivity index (χ3v) is 6.47. The van der Waals surface area contributed by atoms with Crippen molar-refractivity contribution < 1.29 is 9.53 Å². The highest BCUT2D eigenvalue weighted by Gasteiger charge is 2.29. The monoisotopic (exact) mass is 421 g/mol. The number of hydrogen-bond acceptors (Lipinski definition) is 5. The molecule has 0 saturated carbocycles. The standard InChI is InChI=1S/C26H35N3O2/c1-20(30)25(21-8-3-2-4-9-21)29-17-14-24(15-18-29)31-19-6-5-11-23-13-12-22-10-7-16-27-26(22)28-23/h2-4,8-9,12-13,24-25H,5-7,10-11,14-19H2,1H3,(H,27,28)/t25-/m1/s1. The summed E-state index contributed by atoms with van der Waals surface area (Å²) in [6, 6.07) is 14.4. The van der Waals surface area contributed by atoms with Crippen LogP contribution in [-0.2, 0) is 22.4 Å². The molecule has 2 aliphatic heterocycles. The molecular formula is C26H35N3O2. The molecule has 1 saturated heterocycles. The van der Waals surface area contributed by atoms with Crippen LogP contribution < -0.4 is 5.32 Å². The Labute approximate surface area is 186 Å². The van der Waals surface area contributed by atoms with E-state index in [1.165, 1.54) is 17.7 Å². The molecule has 0 bridgehead atoms. The number of benzene rings is 1. The molecule has 166 valence electrons. The quantitative estimate of drug-likeness (QED) is 0.601. The molecule has 2 aliphatic rings. The molecule has 1 aromatic carbocycles. The number of fused-ring (bicyclic) bond motifs is 1. The van der Waals surface area contributed by atoms with Crippen molar-refractivity contribution in [2.24, 2.45) is 0 Å². The molecule has 1 atom stereocenters. The summed E-state index contributed by atoms with van der Waals surface area (Å²) in [5.41, 5.74) is 3.63. The maximum atomic E-state index is 12.3. The predicted molar refractivity (Wildman–Crippen MR) is 124 cm³/mol. The van der Waals surface area contributed by atoms with Gasteiger partial charge in [-0.25, -0.2) is 4.98 Å². The average molecular weight is 422 g/mol. The largest absolute Gasteiger partial charge is 0.378 e. The number of nitrogens with zero attached hydrogens (tertiary/aromatic N) is 2. The van der Waals surface area contributed by atoms with Crippen molar-refractivity contribution in [3.8, 4) is 0 Å². The minimum Gasteiger partial charge on any atom is -0.378 e. The molecule has 2 aromatic rings. The van der Waals surface area contributed by atoms with Crippen LogP contribution in [0.25, 0.3) is 0 Å². The molecule has 1 fully saturated rings. The van der Waals surface area contributed by atoms with Crippen LogP contribution in [0, 0.1) is 0 Å². The number of unbranched alkanes of at least 4 members (excludes halogenated alkanes) is 1. The second-order valence-electron chi connectivity index (χ2n) is 8.83. The maximum absolute atomic E-state index is 12.3. The van der Waals surface area contributed by atoms with Crippen LogP contribution in [0.2, 0.25) is 0 Å². The van der Waals surface area contributed by atoms with E-state index in [9.17, 15) is 4.79 Å². The van der Waals surface area contributed by atoms with Crippen LogP contribution in [0.1, 0.15) is 61.9 Å². The van der Waals surface area contributed by atoms with E-state index in [0.29, 0.717) is 6.10 Å². The SMILES string of the molecule is CC(=O)[C@H](c1ccccc1)N1CCC(OCCCCc2ccc3c(n2)NCCC3)CC1. The number of ether oxygens (including phenoxy) is 1. The summed E-state index contributed by atoms with van der Waals surface area (Å²) >= 11 is 0. The first-order valence-electron chi connectivity index (χ1n) is 11.8. The highest BCUT2D eigenvalue weighted by Crippen LogP contribution is 2.26. The van der Waals surface area contributed by atoms with Gasteiger partial charge in [-0.05, 0) is 69.1 Å². The molecule has 5 nitrogen and oxygen atoms in total. The van der Waals surface area contributed by atoms with Crippen LogP contribution in [0.3, 0.4) is 0 Å². The number of anilines is 1. The second kappa shape index (κ2) is 10.9. The van der Waals surface area contributed by atoms with E-state index in [4.69, 9.17) is 9.72 Å². The summed E-state index contributed by atoms with van der Waals surface area (Å²) in [6.07, 6.45) is 7.81. The van der Waals surface area contributed by atoms with Gasteiger partial charge in [-0.15, -0.1) is 0 Å². The zero-order valence-electron chi connectivity index (χ0n) is 18.7. The minimum absolute atomic E-state index is 0.124. The summed E-state index contributed by atoms with van der Waals surface area (Å²) in [5.74, 6) is 1.31. The molecule has 0 amide bonds. The average Bonchev–Trinajstić information content (AvgIpc) is 2.80. The van der Waals surface area contributed by atoms with Gasteiger partial charge in [0.15, 0.2) is 5.78 Å². The van der Waals surface area contributed by atoms with Gasteiger partial charge in [-0.3, -0.25) is 9.69 Å². The summed E-state index contributed by atoms with van der Waals surface area (Å²) in [7, 11) is 0. The van der Waals surface area contributed by atoms with E-state index in [1.807, 2.05) is 18.2 Å². The fraction of sp³-hybridized carbons (Fsp3) is 0.538. The number of likely N-dealkylation sites (tertiary alicyclic amines) is 1. The second-order valence-corrected chi connectivity index (χ2v) is 8.83. The topological polar surface area (TPSA) is 54.5 Å². The molecule has 0 spiro atoms. The van der Waals surface area contributed by atoms with E-state index in [-0.39, 0.29) is 11.8 Å². The fourth-order valence-electron chi connectivity index (χ4n) is 4.80. The number of aromatic nitrogens is 1. The number of piperidine rings is 1. The summed E-state index contributed by atoms with van der Waals surface area (Å²) < 4.78 is 6.16. The highest BCUT2D eigenvalue weighted by molar-refractivity contribution is 5.82. The van der Waals surface area contributed by atoms with Crippen LogP contribution in [0.15, 0.2) is 42.5 Å². The van der Waals surface area contributed by atoms with Crippen molar-refractivity contribution in [2.45, 2.75) is 64.0 Å². The zero-order chi connectivity index (χ0) is 21.5. The Balaban J connectivity index is 1.16. The predicted octanol–water partition coefficient (Wildman–Crippen LogP) is 4.57. The van der Waals surface area contributed by atoms with Crippen molar-refractivity contribution in [3.05, 3.63) is 59.3 Å². The zero-order valence-corrected chi connectivity index (χ0v) is 18.7. The number of pyridine rings is 1. The number of carbonyl (C=O) groups excluding carboxylic acids is 1. The van der Waals surface area contributed by atoms with Gasteiger partial charge in [0.25, 0.3) is 0 Å². The van der Waals surface area contributed by atoms with Crippen molar-refractivity contribution in [1.82, 2.24) is 9.88 Å². The smallest absolute Gasteiger partial charge is 0.151 e. The lowest BCUT2D eigenvalue weighted by Gasteiger charge is -2.36. The normalized spacial score (nSPS) is 18.2. The molecule has 0 unspecified atom stereocenters. The van der Waals surface area contributed by atoms with E-state index >= 15 is 0 Å². The van der Waals surface area contributed by atoms with Crippen LogP contribution in [0.5, 0.6) is 0 Å². The van der Waals surface area contributed by atoms with Gasteiger partial charge in [0.2, 0.25) is 0 Å². The van der Waals surface area contributed by atoms with Crippen LogP contribution in [-0.4, -0.2) is 48.0 Å². The number of ketones is 1. The Hall–Kier alpha value is -2.24. The molecule has 4 rings (SSSR count). The number of aryl methyl sites for hydroxylation is 2. The summed E-state index contributed by atoms with van der Waals surface area (Å²) in [5, 5.41) is 3.42. The van der Waals surface area contributed by atoms with Gasteiger partial charge in [0, 0.05) is 31.9 Å².